The largest absolute Gasteiger partial charge is 0.504 e. The Labute approximate surface area is 184 Å². The monoisotopic (exact) mass is 441 g/mol. The highest BCUT2D eigenvalue weighted by molar-refractivity contribution is 5.86. The Morgan fingerprint density at radius 3 is 2.50 bits per heavy atom. The third-order valence-electron chi connectivity index (χ3n) is 4.23. The zero-order valence-electron chi connectivity index (χ0n) is 17.4. The van der Waals surface area contributed by atoms with E-state index in [1.165, 1.54) is 42.9 Å². The number of phenolic OH excluding ortho intramolecular Hbond substituents is 1. The van der Waals surface area contributed by atoms with Gasteiger partial charge in [-0.25, -0.2) is 10.3 Å². The lowest BCUT2D eigenvalue weighted by molar-refractivity contribution is -0.124. The van der Waals surface area contributed by atoms with Crippen molar-refractivity contribution in [3.05, 3.63) is 65.7 Å². The highest BCUT2D eigenvalue weighted by Crippen LogP contribution is 2.33. The standard InChI is InChI=1S/C22H23N3O7/c1-3-31-19(10-11-20(27)25-29)21(15-6-9-18(30-2)17(26)12-15)32-22(28)24-16-7-4-14(13-23)5-8-16/h4-12,19,21,26,29H,3H2,1-2H3,(H,24,28)(H,25,27)/b11-10+/t19-,21-/m0/s1. The van der Waals surface area contributed by atoms with Crippen LogP contribution in [0.25, 0.3) is 0 Å². The van der Waals surface area contributed by atoms with Crippen molar-refractivity contribution in [1.29, 1.82) is 5.26 Å². The van der Waals surface area contributed by atoms with Gasteiger partial charge in [-0.2, -0.15) is 5.26 Å². The van der Waals surface area contributed by atoms with Crippen LogP contribution >= 0.6 is 0 Å². The molecule has 0 aliphatic heterocycles. The molecule has 0 spiro atoms. The van der Waals surface area contributed by atoms with E-state index in [9.17, 15) is 14.7 Å². The fraction of sp³-hybridized carbons (Fsp3) is 0.227. The summed E-state index contributed by atoms with van der Waals surface area (Å²) in [5.41, 5.74) is 2.66. The average molecular weight is 441 g/mol. The number of hydrogen-bond donors (Lipinski definition) is 4. The van der Waals surface area contributed by atoms with Gasteiger partial charge in [-0.05, 0) is 55.0 Å². The van der Waals surface area contributed by atoms with Gasteiger partial charge in [-0.3, -0.25) is 15.3 Å². The molecule has 0 saturated carbocycles. The number of anilines is 1. The van der Waals surface area contributed by atoms with Crippen LogP contribution < -0.4 is 15.5 Å². The second-order valence-electron chi connectivity index (χ2n) is 6.33. The first-order chi connectivity index (χ1) is 15.4. The van der Waals surface area contributed by atoms with Gasteiger partial charge in [-0.15, -0.1) is 0 Å². The summed E-state index contributed by atoms with van der Waals surface area (Å²) in [4.78, 5) is 24.0. The van der Waals surface area contributed by atoms with E-state index < -0.39 is 24.2 Å². The molecule has 0 aliphatic rings. The normalized spacial score (nSPS) is 12.4. The van der Waals surface area contributed by atoms with Gasteiger partial charge in [0, 0.05) is 18.4 Å². The number of nitrogens with one attached hydrogen (secondary N) is 2. The van der Waals surface area contributed by atoms with Crippen molar-refractivity contribution in [1.82, 2.24) is 5.48 Å². The van der Waals surface area contributed by atoms with Gasteiger partial charge in [0.1, 0.15) is 6.10 Å². The smallest absolute Gasteiger partial charge is 0.412 e. The number of rotatable bonds is 9. The van der Waals surface area contributed by atoms with E-state index in [0.717, 1.165) is 6.08 Å². The van der Waals surface area contributed by atoms with Crippen molar-refractivity contribution < 1.29 is 34.1 Å². The maximum atomic E-state index is 12.6. The number of hydrogen-bond acceptors (Lipinski definition) is 8. The number of carbonyl (C=O) groups excluding carboxylic acids is 2. The van der Waals surface area contributed by atoms with Crippen LogP contribution in [0.5, 0.6) is 11.5 Å². The zero-order valence-corrected chi connectivity index (χ0v) is 17.4. The highest BCUT2D eigenvalue weighted by atomic mass is 16.6. The molecule has 10 heteroatoms. The number of nitrogens with zero attached hydrogens (tertiary/aromatic N) is 1. The molecule has 0 fully saturated rings. The zero-order chi connectivity index (χ0) is 23.5. The fourth-order valence-corrected chi connectivity index (χ4v) is 2.76. The van der Waals surface area contributed by atoms with E-state index in [1.807, 2.05) is 6.07 Å². The number of phenols is 1. The summed E-state index contributed by atoms with van der Waals surface area (Å²) in [5.74, 6) is -0.760. The van der Waals surface area contributed by atoms with Crippen molar-refractivity contribution >= 4 is 17.7 Å². The number of carbonyl (C=O) groups is 2. The summed E-state index contributed by atoms with van der Waals surface area (Å²) in [6.07, 6.45) is -0.501. The summed E-state index contributed by atoms with van der Waals surface area (Å²) < 4.78 is 16.2. The molecular weight excluding hydrogens is 418 g/mol. The number of nitriles is 1. The number of benzene rings is 2. The molecule has 2 amide bonds. The molecule has 2 rings (SSSR count). The first kappa shape index (κ1) is 24.2. The van der Waals surface area contributed by atoms with Gasteiger partial charge in [0.2, 0.25) is 0 Å². The molecule has 0 unspecified atom stereocenters. The Bertz CT molecular complexity index is 1000. The third-order valence-corrected chi connectivity index (χ3v) is 4.23. The number of ether oxygens (including phenoxy) is 3. The maximum absolute atomic E-state index is 12.6. The summed E-state index contributed by atoms with van der Waals surface area (Å²) in [6.45, 7) is 1.93. The average Bonchev–Trinajstić information content (AvgIpc) is 2.80. The second kappa shape index (κ2) is 11.9. The number of amides is 2. The Kier molecular flexibility index (Phi) is 9.04. The predicted molar refractivity (Wildman–Crippen MR) is 113 cm³/mol. The molecule has 0 aliphatic carbocycles. The summed E-state index contributed by atoms with van der Waals surface area (Å²) in [6, 6.07) is 12.6. The van der Waals surface area contributed by atoms with Crippen molar-refractivity contribution in [2.24, 2.45) is 0 Å². The van der Waals surface area contributed by atoms with Gasteiger partial charge in [0.15, 0.2) is 17.6 Å². The van der Waals surface area contributed by atoms with E-state index >= 15 is 0 Å². The molecule has 0 heterocycles. The Morgan fingerprint density at radius 1 is 1.22 bits per heavy atom. The van der Waals surface area contributed by atoms with Crippen LogP contribution in [0.4, 0.5) is 10.5 Å². The molecule has 2 atom stereocenters. The van der Waals surface area contributed by atoms with E-state index in [2.05, 4.69) is 5.32 Å². The lowest BCUT2D eigenvalue weighted by atomic mass is 10.0. The summed E-state index contributed by atoms with van der Waals surface area (Å²) >= 11 is 0. The second-order valence-corrected chi connectivity index (χ2v) is 6.33. The summed E-state index contributed by atoms with van der Waals surface area (Å²) in [5, 5.41) is 30.3. The van der Waals surface area contributed by atoms with Crippen molar-refractivity contribution in [3.63, 3.8) is 0 Å². The molecule has 2 aromatic rings. The first-order valence-electron chi connectivity index (χ1n) is 9.50. The minimum Gasteiger partial charge on any atom is -0.504 e. The molecular formula is C22H23N3O7. The SMILES string of the molecule is CCO[C@@H](/C=C/C(=O)NO)[C@@H](OC(=O)Nc1ccc(C#N)cc1)c1ccc(OC)c(O)c1. The number of hydroxylamine groups is 1. The lowest BCUT2D eigenvalue weighted by Crippen LogP contribution is -2.28. The molecule has 2 aromatic carbocycles. The Morgan fingerprint density at radius 2 is 1.94 bits per heavy atom. The minimum atomic E-state index is -1.08. The van der Waals surface area contributed by atoms with E-state index in [-0.39, 0.29) is 18.1 Å². The van der Waals surface area contributed by atoms with E-state index in [4.69, 9.17) is 24.7 Å². The lowest BCUT2D eigenvalue weighted by Gasteiger charge is -2.25. The van der Waals surface area contributed by atoms with Crippen LogP contribution in [0, 0.1) is 11.3 Å². The van der Waals surface area contributed by atoms with Gasteiger partial charge in [-0.1, -0.05) is 6.07 Å². The van der Waals surface area contributed by atoms with Gasteiger partial charge in [0.05, 0.1) is 18.7 Å². The number of aromatic hydroxyl groups is 1. The van der Waals surface area contributed by atoms with Crippen LogP contribution in [0.15, 0.2) is 54.6 Å². The molecule has 0 aromatic heterocycles. The first-order valence-corrected chi connectivity index (χ1v) is 9.50. The molecule has 0 bridgehead atoms. The van der Waals surface area contributed by atoms with Gasteiger partial charge >= 0.3 is 6.09 Å². The quantitative estimate of drug-likeness (QED) is 0.263. The predicted octanol–water partition coefficient (Wildman–Crippen LogP) is 3.03. The maximum Gasteiger partial charge on any atom is 0.412 e. The molecule has 0 saturated heterocycles. The highest BCUT2D eigenvalue weighted by Gasteiger charge is 2.27. The fourth-order valence-electron chi connectivity index (χ4n) is 2.76. The van der Waals surface area contributed by atoms with Crippen LogP contribution in [0.3, 0.4) is 0 Å². The number of methoxy groups -OCH3 is 1. The van der Waals surface area contributed by atoms with Crippen LogP contribution in [0.1, 0.15) is 24.2 Å². The molecule has 32 heavy (non-hydrogen) atoms. The van der Waals surface area contributed by atoms with E-state index in [0.29, 0.717) is 16.8 Å². The van der Waals surface area contributed by atoms with Crippen LogP contribution in [-0.2, 0) is 14.3 Å². The molecule has 10 nitrogen and oxygen atoms in total. The van der Waals surface area contributed by atoms with Crippen molar-refractivity contribution in [2.75, 3.05) is 19.0 Å². The molecule has 4 N–H and O–H groups in total. The Hall–Kier alpha value is -4.07. The van der Waals surface area contributed by atoms with Crippen molar-refractivity contribution in [2.45, 2.75) is 19.1 Å². The molecule has 168 valence electrons. The third kappa shape index (κ3) is 6.73. The Balaban J connectivity index is 2.33. The minimum absolute atomic E-state index is 0.182. The topological polar surface area (TPSA) is 150 Å². The van der Waals surface area contributed by atoms with Crippen LogP contribution in [-0.4, -0.2) is 42.1 Å². The van der Waals surface area contributed by atoms with Crippen molar-refractivity contribution in [3.8, 4) is 17.6 Å². The molecule has 0 radical (unpaired) electrons. The summed E-state index contributed by atoms with van der Waals surface area (Å²) in [7, 11) is 1.40. The van der Waals surface area contributed by atoms with E-state index in [1.54, 1.807) is 25.1 Å². The van der Waals surface area contributed by atoms with Gasteiger partial charge < -0.3 is 19.3 Å². The van der Waals surface area contributed by atoms with Gasteiger partial charge in [0.25, 0.3) is 5.91 Å². The van der Waals surface area contributed by atoms with Crippen LogP contribution in [0.2, 0.25) is 0 Å².